The van der Waals surface area contributed by atoms with Crippen LogP contribution in [-0.4, -0.2) is 25.5 Å². The SMILES string of the molecule is CNC(=O)CCc1ccccc1NC(=O)c1ccc(C2CCCO2)s1. The van der Waals surface area contributed by atoms with E-state index in [-0.39, 0.29) is 17.9 Å². The number of ether oxygens (including phenoxy) is 1. The van der Waals surface area contributed by atoms with Crippen molar-refractivity contribution < 1.29 is 14.3 Å². The summed E-state index contributed by atoms with van der Waals surface area (Å²) < 4.78 is 5.68. The Labute approximate surface area is 151 Å². The molecule has 1 saturated heterocycles. The number of hydrogen-bond donors (Lipinski definition) is 2. The largest absolute Gasteiger partial charge is 0.373 e. The Bertz CT molecular complexity index is 751. The van der Waals surface area contributed by atoms with E-state index in [0.29, 0.717) is 17.7 Å². The van der Waals surface area contributed by atoms with Gasteiger partial charge in [0, 0.05) is 30.6 Å². The van der Waals surface area contributed by atoms with Gasteiger partial charge < -0.3 is 15.4 Å². The summed E-state index contributed by atoms with van der Waals surface area (Å²) in [5.74, 6) is -0.137. The number of benzene rings is 1. The van der Waals surface area contributed by atoms with Gasteiger partial charge in [0.2, 0.25) is 5.91 Å². The summed E-state index contributed by atoms with van der Waals surface area (Å²) in [5.41, 5.74) is 1.71. The fraction of sp³-hybridized carbons (Fsp3) is 0.368. The van der Waals surface area contributed by atoms with Gasteiger partial charge in [-0.3, -0.25) is 9.59 Å². The maximum Gasteiger partial charge on any atom is 0.265 e. The number of nitrogens with one attached hydrogen (secondary N) is 2. The molecule has 1 aromatic heterocycles. The molecule has 2 amide bonds. The summed E-state index contributed by atoms with van der Waals surface area (Å²) in [6.45, 7) is 0.794. The summed E-state index contributed by atoms with van der Waals surface area (Å²) >= 11 is 1.48. The number of amides is 2. The van der Waals surface area contributed by atoms with E-state index in [1.165, 1.54) is 11.3 Å². The number of para-hydroxylation sites is 1. The molecule has 2 aromatic rings. The Morgan fingerprint density at radius 1 is 1.24 bits per heavy atom. The molecule has 0 aliphatic carbocycles. The Morgan fingerprint density at radius 3 is 2.84 bits per heavy atom. The quantitative estimate of drug-likeness (QED) is 0.830. The van der Waals surface area contributed by atoms with Crippen LogP contribution in [0.5, 0.6) is 0 Å². The number of carbonyl (C=O) groups excluding carboxylic acids is 2. The zero-order valence-electron chi connectivity index (χ0n) is 14.2. The summed E-state index contributed by atoms with van der Waals surface area (Å²) in [4.78, 5) is 25.8. The summed E-state index contributed by atoms with van der Waals surface area (Å²) in [7, 11) is 1.62. The highest BCUT2D eigenvalue weighted by molar-refractivity contribution is 7.14. The van der Waals surface area contributed by atoms with Gasteiger partial charge in [-0.05, 0) is 43.0 Å². The van der Waals surface area contributed by atoms with Crippen LogP contribution in [0, 0.1) is 0 Å². The van der Waals surface area contributed by atoms with Crippen LogP contribution in [0.2, 0.25) is 0 Å². The molecule has 1 aliphatic heterocycles. The smallest absolute Gasteiger partial charge is 0.265 e. The molecule has 0 bridgehead atoms. The lowest BCUT2D eigenvalue weighted by Crippen LogP contribution is -2.18. The van der Waals surface area contributed by atoms with E-state index in [1.807, 2.05) is 36.4 Å². The zero-order chi connectivity index (χ0) is 17.6. The van der Waals surface area contributed by atoms with E-state index in [2.05, 4.69) is 10.6 Å². The second-order valence-electron chi connectivity index (χ2n) is 5.99. The maximum atomic E-state index is 12.6. The molecule has 1 atom stereocenters. The molecule has 1 aliphatic rings. The number of rotatable bonds is 6. The fourth-order valence-corrected chi connectivity index (χ4v) is 3.85. The Kier molecular flexibility index (Phi) is 5.83. The van der Waals surface area contributed by atoms with Crippen LogP contribution in [0.4, 0.5) is 5.69 Å². The van der Waals surface area contributed by atoms with Gasteiger partial charge in [-0.1, -0.05) is 18.2 Å². The van der Waals surface area contributed by atoms with Crippen molar-refractivity contribution in [2.24, 2.45) is 0 Å². The minimum atomic E-state index is -0.123. The second-order valence-corrected chi connectivity index (χ2v) is 7.10. The number of anilines is 1. The van der Waals surface area contributed by atoms with Crippen LogP contribution in [-0.2, 0) is 16.0 Å². The highest BCUT2D eigenvalue weighted by atomic mass is 32.1. The Balaban J connectivity index is 1.67. The molecule has 2 N–H and O–H groups in total. The van der Waals surface area contributed by atoms with E-state index in [1.54, 1.807) is 7.05 Å². The van der Waals surface area contributed by atoms with Gasteiger partial charge >= 0.3 is 0 Å². The molecule has 1 aromatic carbocycles. The van der Waals surface area contributed by atoms with Crippen molar-refractivity contribution in [2.45, 2.75) is 31.8 Å². The third kappa shape index (κ3) is 4.46. The van der Waals surface area contributed by atoms with Gasteiger partial charge in [-0.15, -0.1) is 11.3 Å². The number of aryl methyl sites for hydroxylation is 1. The van der Waals surface area contributed by atoms with Crippen molar-refractivity contribution in [1.82, 2.24) is 5.32 Å². The first-order chi connectivity index (χ1) is 12.2. The topological polar surface area (TPSA) is 67.4 Å². The highest BCUT2D eigenvalue weighted by Crippen LogP contribution is 2.33. The number of hydrogen-bond acceptors (Lipinski definition) is 4. The molecule has 1 unspecified atom stereocenters. The van der Waals surface area contributed by atoms with Gasteiger partial charge in [-0.2, -0.15) is 0 Å². The van der Waals surface area contributed by atoms with Crippen LogP contribution in [0.25, 0.3) is 0 Å². The van der Waals surface area contributed by atoms with Gasteiger partial charge in [0.15, 0.2) is 0 Å². The van der Waals surface area contributed by atoms with Crippen molar-refractivity contribution in [3.05, 3.63) is 51.7 Å². The maximum absolute atomic E-state index is 12.6. The third-order valence-electron chi connectivity index (χ3n) is 4.26. The Hall–Kier alpha value is -2.18. The van der Waals surface area contributed by atoms with Crippen molar-refractivity contribution in [1.29, 1.82) is 0 Å². The average Bonchev–Trinajstić information content (AvgIpc) is 3.31. The van der Waals surface area contributed by atoms with Gasteiger partial charge in [0.05, 0.1) is 11.0 Å². The van der Waals surface area contributed by atoms with E-state index < -0.39 is 0 Å². The van der Waals surface area contributed by atoms with Gasteiger partial charge in [-0.25, -0.2) is 0 Å². The fourth-order valence-electron chi connectivity index (χ4n) is 2.87. The van der Waals surface area contributed by atoms with E-state index in [4.69, 9.17) is 4.74 Å². The molecular formula is C19H22N2O3S. The second kappa shape index (κ2) is 8.27. The predicted octanol–water partition coefficient (Wildman–Crippen LogP) is 3.53. The van der Waals surface area contributed by atoms with E-state index in [0.717, 1.165) is 35.6 Å². The first kappa shape index (κ1) is 17.6. The van der Waals surface area contributed by atoms with Crippen LogP contribution in [0.1, 0.15) is 45.5 Å². The molecule has 5 nitrogen and oxygen atoms in total. The molecule has 132 valence electrons. The standard InChI is InChI=1S/C19H22N2O3S/c1-20-18(22)11-8-13-5-2-3-6-14(13)21-19(23)17-10-9-16(25-17)15-7-4-12-24-15/h2-3,5-6,9-10,15H,4,7-8,11-12H2,1H3,(H,20,22)(H,21,23). The van der Waals surface area contributed by atoms with Crippen molar-refractivity contribution in [3.63, 3.8) is 0 Å². The Morgan fingerprint density at radius 2 is 2.08 bits per heavy atom. The molecular weight excluding hydrogens is 336 g/mol. The molecule has 3 rings (SSSR count). The lowest BCUT2D eigenvalue weighted by atomic mass is 10.1. The van der Waals surface area contributed by atoms with Gasteiger partial charge in [0.25, 0.3) is 5.91 Å². The van der Waals surface area contributed by atoms with Crippen LogP contribution < -0.4 is 10.6 Å². The lowest BCUT2D eigenvalue weighted by Gasteiger charge is -2.10. The average molecular weight is 358 g/mol. The molecule has 0 spiro atoms. The van der Waals surface area contributed by atoms with E-state index >= 15 is 0 Å². The van der Waals surface area contributed by atoms with Crippen LogP contribution in [0.15, 0.2) is 36.4 Å². The van der Waals surface area contributed by atoms with Crippen LogP contribution >= 0.6 is 11.3 Å². The molecule has 25 heavy (non-hydrogen) atoms. The number of thiophene rings is 1. The minimum absolute atomic E-state index is 0.0133. The highest BCUT2D eigenvalue weighted by Gasteiger charge is 2.21. The van der Waals surface area contributed by atoms with E-state index in [9.17, 15) is 9.59 Å². The molecule has 2 heterocycles. The number of carbonyl (C=O) groups is 2. The van der Waals surface area contributed by atoms with Crippen molar-refractivity contribution in [3.8, 4) is 0 Å². The predicted molar refractivity (Wildman–Crippen MR) is 99.0 cm³/mol. The normalized spacial score (nSPS) is 16.6. The first-order valence-electron chi connectivity index (χ1n) is 8.48. The summed E-state index contributed by atoms with van der Waals surface area (Å²) in [6, 6.07) is 11.4. The van der Waals surface area contributed by atoms with Crippen molar-refractivity contribution >= 4 is 28.8 Å². The molecule has 0 radical (unpaired) electrons. The third-order valence-corrected chi connectivity index (χ3v) is 5.44. The monoisotopic (exact) mass is 358 g/mol. The molecule has 6 heteroatoms. The first-order valence-corrected chi connectivity index (χ1v) is 9.30. The van der Waals surface area contributed by atoms with Crippen LogP contribution in [0.3, 0.4) is 0 Å². The molecule has 0 saturated carbocycles. The minimum Gasteiger partial charge on any atom is -0.373 e. The summed E-state index contributed by atoms with van der Waals surface area (Å²) in [5, 5.41) is 5.59. The zero-order valence-corrected chi connectivity index (χ0v) is 15.0. The lowest BCUT2D eigenvalue weighted by molar-refractivity contribution is -0.120. The summed E-state index contributed by atoms with van der Waals surface area (Å²) in [6.07, 6.45) is 3.20. The van der Waals surface area contributed by atoms with Gasteiger partial charge in [0.1, 0.15) is 0 Å². The molecule has 1 fully saturated rings. The van der Waals surface area contributed by atoms with Crippen molar-refractivity contribution in [2.75, 3.05) is 19.0 Å².